The van der Waals surface area contributed by atoms with Crippen LogP contribution in [-0.2, 0) is 9.47 Å². The number of hydrogen-bond donors (Lipinski definition) is 2. The number of H-pyrrole nitrogens is 2. The second kappa shape index (κ2) is 8.67. The van der Waals surface area contributed by atoms with E-state index in [-0.39, 0.29) is 0 Å². The van der Waals surface area contributed by atoms with Crippen LogP contribution in [0.15, 0.2) is 73.1 Å². The molecule has 0 amide bonds. The Labute approximate surface area is 193 Å². The van der Waals surface area contributed by atoms with Gasteiger partial charge in [0.25, 0.3) is 0 Å². The van der Waals surface area contributed by atoms with Crippen molar-refractivity contribution in [2.45, 2.75) is 0 Å². The number of benzene rings is 2. The summed E-state index contributed by atoms with van der Waals surface area (Å²) in [7, 11) is 2.71. The van der Waals surface area contributed by atoms with Crippen LogP contribution in [0.5, 0.6) is 0 Å². The van der Waals surface area contributed by atoms with Crippen molar-refractivity contribution in [3.63, 3.8) is 0 Å². The number of nitrogens with one attached hydrogen (secondary N) is 2. The van der Waals surface area contributed by atoms with Crippen LogP contribution in [0.25, 0.3) is 43.6 Å². The average Bonchev–Trinajstić information content (AvgIpc) is 3.46. The fraction of sp³-hybridized carbons (Fsp3) is 0.0769. The van der Waals surface area contributed by atoms with E-state index < -0.39 is 11.9 Å². The number of fused-ring (bicyclic) bond motifs is 6. The molecule has 0 saturated carbocycles. The number of carbonyl (C=O) groups is 2. The zero-order chi connectivity index (χ0) is 23.7. The third kappa shape index (κ3) is 3.51. The highest BCUT2D eigenvalue weighted by atomic mass is 16.5. The van der Waals surface area contributed by atoms with Gasteiger partial charge in [0.05, 0.1) is 25.3 Å². The highest BCUT2D eigenvalue weighted by molar-refractivity contribution is 6.13. The first-order valence-corrected chi connectivity index (χ1v) is 10.5. The Balaban J connectivity index is 0.000000142. The number of nitrogens with zero attached hydrogens (tertiary/aromatic N) is 2. The van der Waals surface area contributed by atoms with Crippen LogP contribution in [0.4, 0.5) is 0 Å². The van der Waals surface area contributed by atoms with Crippen molar-refractivity contribution in [2.24, 2.45) is 0 Å². The van der Waals surface area contributed by atoms with Crippen molar-refractivity contribution >= 4 is 55.6 Å². The highest BCUT2D eigenvalue weighted by Crippen LogP contribution is 2.27. The number of esters is 2. The molecule has 4 heterocycles. The molecular formula is C26H20N4O4. The molecule has 6 aromatic rings. The van der Waals surface area contributed by atoms with Crippen molar-refractivity contribution in [3.05, 3.63) is 84.4 Å². The summed E-state index contributed by atoms with van der Waals surface area (Å²) in [5, 5.41) is 4.12. The first kappa shape index (κ1) is 21.1. The van der Waals surface area contributed by atoms with Crippen LogP contribution in [0.3, 0.4) is 0 Å². The Morgan fingerprint density at radius 3 is 1.44 bits per heavy atom. The maximum Gasteiger partial charge on any atom is 0.358 e. The lowest BCUT2D eigenvalue weighted by Crippen LogP contribution is -2.04. The van der Waals surface area contributed by atoms with Crippen LogP contribution in [0, 0.1) is 0 Å². The van der Waals surface area contributed by atoms with Crippen molar-refractivity contribution in [1.29, 1.82) is 0 Å². The molecule has 168 valence electrons. The zero-order valence-electron chi connectivity index (χ0n) is 18.5. The summed E-state index contributed by atoms with van der Waals surface area (Å²) in [6, 6.07) is 19.6. The number of hydrogen-bond acceptors (Lipinski definition) is 6. The van der Waals surface area contributed by atoms with E-state index in [2.05, 4.69) is 19.9 Å². The molecule has 4 aromatic heterocycles. The summed E-state index contributed by atoms with van der Waals surface area (Å²) < 4.78 is 9.44. The number of methoxy groups -OCH3 is 2. The molecule has 0 atom stereocenters. The average molecular weight is 452 g/mol. The first-order valence-electron chi connectivity index (χ1n) is 10.5. The van der Waals surface area contributed by atoms with Gasteiger partial charge in [-0.2, -0.15) is 0 Å². The van der Waals surface area contributed by atoms with Gasteiger partial charge in [0.15, 0.2) is 11.4 Å². The molecule has 34 heavy (non-hydrogen) atoms. The normalized spacial score (nSPS) is 10.9. The Kier molecular flexibility index (Phi) is 5.39. The van der Waals surface area contributed by atoms with Crippen molar-refractivity contribution in [1.82, 2.24) is 19.9 Å². The second-order valence-corrected chi connectivity index (χ2v) is 7.49. The summed E-state index contributed by atoms with van der Waals surface area (Å²) in [6.07, 6.45) is 3.24. The van der Waals surface area contributed by atoms with Gasteiger partial charge in [0.2, 0.25) is 0 Å². The molecule has 0 fully saturated rings. The van der Waals surface area contributed by atoms with E-state index >= 15 is 0 Å². The lowest BCUT2D eigenvalue weighted by atomic mass is 10.1. The van der Waals surface area contributed by atoms with E-state index in [4.69, 9.17) is 9.47 Å². The van der Waals surface area contributed by atoms with E-state index in [9.17, 15) is 9.59 Å². The SMILES string of the molecule is COC(=O)c1nccc2c1[nH]c1ccccc12.COC(=O)c1nccc2c1[nH]c1ccccc12. The Hall–Kier alpha value is -4.72. The smallest absolute Gasteiger partial charge is 0.358 e. The molecule has 0 aliphatic rings. The molecule has 0 radical (unpaired) electrons. The summed E-state index contributed by atoms with van der Waals surface area (Å²) >= 11 is 0. The molecular weight excluding hydrogens is 432 g/mol. The maximum absolute atomic E-state index is 11.6. The van der Waals surface area contributed by atoms with Gasteiger partial charge in [-0.05, 0) is 24.3 Å². The van der Waals surface area contributed by atoms with E-state index in [1.165, 1.54) is 14.2 Å². The molecule has 0 bridgehead atoms. The van der Waals surface area contributed by atoms with E-state index in [1.54, 1.807) is 12.4 Å². The molecule has 0 unspecified atom stereocenters. The third-order valence-corrected chi connectivity index (χ3v) is 5.61. The monoisotopic (exact) mass is 452 g/mol. The van der Waals surface area contributed by atoms with E-state index in [1.807, 2.05) is 60.7 Å². The minimum atomic E-state index is -0.429. The molecule has 8 nitrogen and oxygen atoms in total. The quantitative estimate of drug-likeness (QED) is 0.358. The molecule has 2 aromatic carbocycles. The second-order valence-electron chi connectivity index (χ2n) is 7.49. The molecule has 0 saturated heterocycles. The molecule has 2 N–H and O–H groups in total. The number of para-hydroxylation sites is 2. The number of aromatic nitrogens is 4. The van der Waals surface area contributed by atoms with Gasteiger partial charge in [-0.15, -0.1) is 0 Å². The van der Waals surface area contributed by atoms with Gasteiger partial charge in [-0.3, -0.25) is 0 Å². The number of carbonyl (C=O) groups excluding carboxylic acids is 2. The molecule has 8 heteroatoms. The number of rotatable bonds is 2. The van der Waals surface area contributed by atoms with Crippen LogP contribution in [0.2, 0.25) is 0 Å². The predicted molar refractivity (Wildman–Crippen MR) is 130 cm³/mol. The maximum atomic E-state index is 11.6. The largest absolute Gasteiger partial charge is 0.464 e. The van der Waals surface area contributed by atoms with Crippen molar-refractivity contribution in [2.75, 3.05) is 14.2 Å². The minimum absolute atomic E-state index is 0.321. The molecule has 6 rings (SSSR count). The standard InChI is InChI=1S/2C13H10N2O2/c2*1-17-13(16)12-11-9(6-7-14-12)8-4-2-3-5-10(8)15-11/h2*2-7,15H,1H3. The van der Waals surface area contributed by atoms with Crippen LogP contribution in [-0.4, -0.2) is 46.1 Å². The van der Waals surface area contributed by atoms with Gasteiger partial charge < -0.3 is 19.4 Å². The van der Waals surface area contributed by atoms with Gasteiger partial charge in [-0.25, -0.2) is 19.6 Å². The fourth-order valence-corrected chi connectivity index (χ4v) is 4.05. The fourth-order valence-electron chi connectivity index (χ4n) is 4.05. The highest BCUT2D eigenvalue weighted by Gasteiger charge is 2.16. The van der Waals surface area contributed by atoms with Crippen LogP contribution >= 0.6 is 0 Å². The number of pyridine rings is 2. The number of aromatic amines is 2. The summed E-state index contributed by atoms with van der Waals surface area (Å²) in [5.74, 6) is -0.857. The van der Waals surface area contributed by atoms with Crippen molar-refractivity contribution in [3.8, 4) is 0 Å². The lowest BCUT2D eigenvalue weighted by Gasteiger charge is -1.99. The van der Waals surface area contributed by atoms with Crippen LogP contribution in [0.1, 0.15) is 21.0 Å². The first-order chi connectivity index (χ1) is 16.6. The zero-order valence-corrected chi connectivity index (χ0v) is 18.5. The van der Waals surface area contributed by atoms with Gasteiger partial charge in [0.1, 0.15) is 0 Å². The lowest BCUT2D eigenvalue weighted by molar-refractivity contribution is 0.0587. The molecule has 0 aliphatic carbocycles. The number of ether oxygens (including phenoxy) is 2. The molecule has 0 spiro atoms. The summed E-state index contributed by atoms with van der Waals surface area (Å²) in [6.45, 7) is 0. The van der Waals surface area contributed by atoms with Gasteiger partial charge in [-0.1, -0.05) is 36.4 Å². The Morgan fingerprint density at radius 1 is 0.618 bits per heavy atom. The Bertz CT molecular complexity index is 1560. The molecule has 0 aliphatic heterocycles. The third-order valence-electron chi connectivity index (χ3n) is 5.61. The van der Waals surface area contributed by atoms with E-state index in [0.29, 0.717) is 11.4 Å². The van der Waals surface area contributed by atoms with Gasteiger partial charge in [0, 0.05) is 45.0 Å². The predicted octanol–water partition coefficient (Wildman–Crippen LogP) is 5.01. The Morgan fingerprint density at radius 2 is 1.03 bits per heavy atom. The summed E-state index contributed by atoms with van der Waals surface area (Å²) in [4.78, 5) is 37.7. The summed E-state index contributed by atoms with van der Waals surface area (Å²) in [5.41, 5.74) is 4.06. The topological polar surface area (TPSA) is 110 Å². The van der Waals surface area contributed by atoms with Crippen LogP contribution < -0.4 is 0 Å². The van der Waals surface area contributed by atoms with Crippen molar-refractivity contribution < 1.29 is 19.1 Å². The van der Waals surface area contributed by atoms with Gasteiger partial charge >= 0.3 is 11.9 Å². The minimum Gasteiger partial charge on any atom is -0.464 e. The van der Waals surface area contributed by atoms with E-state index in [0.717, 1.165) is 43.6 Å².